The van der Waals surface area contributed by atoms with Crippen molar-refractivity contribution in [2.75, 3.05) is 6.61 Å². The van der Waals surface area contributed by atoms with Crippen LogP contribution in [0.15, 0.2) is 47.4 Å². The molecule has 3 nitrogen and oxygen atoms in total. The lowest BCUT2D eigenvalue weighted by Gasteiger charge is -2.08. The van der Waals surface area contributed by atoms with Crippen molar-refractivity contribution in [3.8, 4) is 5.75 Å². The van der Waals surface area contributed by atoms with E-state index in [0.717, 1.165) is 5.75 Å². The molecule has 0 fully saturated rings. The number of halogens is 2. The van der Waals surface area contributed by atoms with E-state index in [1.807, 2.05) is 30.3 Å². The Morgan fingerprint density at radius 1 is 1.16 bits per heavy atom. The Balaban J connectivity index is 1.88. The van der Waals surface area contributed by atoms with Crippen molar-refractivity contribution in [1.29, 1.82) is 0 Å². The van der Waals surface area contributed by atoms with Crippen LogP contribution in [0.4, 0.5) is 0 Å². The summed E-state index contributed by atoms with van der Waals surface area (Å²) < 4.78 is 7.05. The zero-order chi connectivity index (χ0) is 13.7. The van der Waals surface area contributed by atoms with E-state index in [9.17, 15) is 4.79 Å². The molecule has 100 valence electrons. The number of aromatic nitrogens is 1. The topological polar surface area (TPSA) is 31.2 Å². The van der Waals surface area contributed by atoms with Gasteiger partial charge in [0, 0.05) is 12.7 Å². The lowest BCUT2D eigenvalue weighted by Crippen LogP contribution is -2.20. The van der Waals surface area contributed by atoms with Gasteiger partial charge in [-0.1, -0.05) is 41.4 Å². The quantitative estimate of drug-likeness (QED) is 0.789. The van der Waals surface area contributed by atoms with Gasteiger partial charge in [-0.15, -0.1) is 0 Å². The molecule has 0 saturated carbocycles. The first-order valence-electron chi connectivity index (χ1n) is 5.90. The summed E-state index contributed by atoms with van der Waals surface area (Å²) in [6, 6.07) is 11.0. The van der Waals surface area contributed by atoms with E-state index < -0.39 is 0 Å². The van der Waals surface area contributed by atoms with Gasteiger partial charge in [0.2, 0.25) is 0 Å². The summed E-state index contributed by atoms with van der Waals surface area (Å²) >= 11 is 11.6. The normalized spacial score (nSPS) is 10.4. The highest BCUT2D eigenvalue weighted by Crippen LogP contribution is 2.12. The number of aryl methyl sites for hydroxylation is 1. The zero-order valence-electron chi connectivity index (χ0n) is 10.2. The van der Waals surface area contributed by atoms with Crippen LogP contribution in [0, 0.1) is 0 Å². The molecule has 0 N–H and O–H groups in total. The predicted molar refractivity (Wildman–Crippen MR) is 77.3 cm³/mol. The summed E-state index contributed by atoms with van der Waals surface area (Å²) in [6.07, 6.45) is 2.28. The fourth-order valence-electron chi connectivity index (χ4n) is 1.67. The van der Waals surface area contributed by atoms with Crippen molar-refractivity contribution in [3.63, 3.8) is 0 Å². The third-order valence-electron chi connectivity index (χ3n) is 2.56. The predicted octanol–water partition coefficient (Wildman–Crippen LogP) is 3.62. The lowest BCUT2D eigenvalue weighted by molar-refractivity contribution is 0.301. The summed E-state index contributed by atoms with van der Waals surface area (Å²) in [5, 5.41) is 0.588. The molecule has 0 aliphatic heterocycles. The molecule has 2 aromatic rings. The van der Waals surface area contributed by atoms with Gasteiger partial charge in [0.15, 0.2) is 0 Å². The molecule has 0 aliphatic rings. The molecule has 2 rings (SSSR count). The minimum absolute atomic E-state index is 0.136. The molecular formula is C14H13Cl2NO2. The maximum atomic E-state index is 11.7. The van der Waals surface area contributed by atoms with E-state index >= 15 is 0 Å². The number of hydrogen-bond acceptors (Lipinski definition) is 2. The third-order valence-corrected chi connectivity index (χ3v) is 3.04. The van der Waals surface area contributed by atoms with E-state index in [-0.39, 0.29) is 10.6 Å². The minimum atomic E-state index is -0.231. The number of ether oxygens (including phenoxy) is 1. The van der Waals surface area contributed by atoms with Gasteiger partial charge in [0.05, 0.1) is 11.6 Å². The first-order chi connectivity index (χ1) is 9.16. The van der Waals surface area contributed by atoms with Crippen molar-refractivity contribution in [2.24, 2.45) is 0 Å². The van der Waals surface area contributed by atoms with Crippen molar-refractivity contribution >= 4 is 23.2 Å². The van der Waals surface area contributed by atoms with Crippen LogP contribution in [0.1, 0.15) is 6.42 Å². The molecule has 0 saturated heterocycles. The van der Waals surface area contributed by atoms with Crippen LogP contribution in [0.5, 0.6) is 5.75 Å². The maximum Gasteiger partial charge on any atom is 0.269 e. The molecule has 0 atom stereocenters. The molecule has 5 heteroatoms. The van der Waals surface area contributed by atoms with Crippen LogP contribution in [0.25, 0.3) is 0 Å². The second-order valence-electron chi connectivity index (χ2n) is 4.02. The van der Waals surface area contributed by atoms with E-state index in [4.69, 9.17) is 27.9 Å². The van der Waals surface area contributed by atoms with Crippen molar-refractivity contribution < 1.29 is 4.74 Å². The Hall–Kier alpha value is -1.45. The highest BCUT2D eigenvalue weighted by molar-refractivity contribution is 6.34. The Morgan fingerprint density at radius 3 is 2.63 bits per heavy atom. The molecule has 0 unspecified atom stereocenters. The molecule has 0 radical (unpaired) electrons. The Kier molecular flexibility index (Phi) is 4.88. The molecule has 1 aromatic carbocycles. The highest BCUT2D eigenvalue weighted by Gasteiger charge is 2.03. The average molecular weight is 298 g/mol. The Labute approximate surface area is 121 Å². The number of hydrogen-bond donors (Lipinski definition) is 0. The molecule has 0 amide bonds. The van der Waals surface area contributed by atoms with Gasteiger partial charge in [-0.2, -0.15) is 0 Å². The summed E-state index contributed by atoms with van der Waals surface area (Å²) in [7, 11) is 0. The van der Waals surface area contributed by atoms with E-state index in [2.05, 4.69) is 0 Å². The fraction of sp³-hybridized carbons (Fsp3) is 0.214. The summed E-state index contributed by atoms with van der Waals surface area (Å²) in [5.41, 5.74) is -0.231. The van der Waals surface area contributed by atoms with Crippen LogP contribution in [0.3, 0.4) is 0 Å². The first-order valence-corrected chi connectivity index (χ1v) is 6.66. The highest BCUT2D eigenvalue weighted by atomic mass is 35.5. The lowest BCUT2D eigenvalue weighted by atomic mass is 10.3. The second kappa shape index (κ2) is 6.64. The van der Waals surface area contributed by atoms with Gasteiger partial charge in [0.25, 0.3) is 5.56 Å². The van der Waals surface area contributed by atoms with Crippen molar-refractivity contribution in [2.45, 2.75) is 13.0 Å². The maximum absolute atomic E-state index is 11.7. The average Bonchev–Trinajstić information content (AvgIpc) is 2.41. The third kappa shape index (κ3) is 4.01. The van der Waals surface area contributed by atoms with Gasteiger partial charge >= 0.3 is 0 Å². The number of nitrogens with zero attached hydrogens (tertiary/aromatic N) is 1. The molecule has 19 heavy (non-hydrogen) atoms. The largest absolute Gasteiger partial charge is 0.494 e. The molecule has 0 bridgehead atoms. The van der Waals surface area contributed by atoms with E-state index in [1.165, 1.54) is 10.6 Å². The first kappa shape index (κ1) is 14.0. The number of rotatable bonds is 5. The Morgan fingerprint density at radius 2 is 1.89 bits per heavy atom. The van der Waals surface area contributed by atoms with Crippen molar-refractivity contribution in [1.82, 2.24) is 4.57 Å². The van der Waals surface area contributed by atoms with Crippen LogP contribution in [0.2, 0.25) is 10.0 Å². The van der Waals surface area contributed by atoms with Gasteiger partial charge < -0.3 is 9.30 Å². The molecule has 1 heterocycles. The zero-order valence-corrected chi connectivity index (χ0v) is 11.7. The van der Waals surface area contributed by atoms with E-state index in [0.29, 0.717) is 24.6 Å². The van der Waals surface area contributed by atoms with Gasteiger partial charge in [-0.05, 0) is 24.6 Å². The SMILES string of the molecule is O=c1c(Cl)cc(Cl)cn1CCCOc1ccccc1. The van der Waals surface area contributed by atoms with Gasteiger partial charge in [0.1, 0.15) is 10.8 Å². The smallest absolute Gasteiger partial charge is 0.269 e. The van der Waals surface area contributed by atoms with E-state index in [1.54, 1.807) is 6.20 Å². The molecule has 0 aliphatic carbocycles. The van der Waals surface area contributed by atoms with Crippen LogP contribution in [-0.2, 0) is 6.54 Å². The van der Waals surface area contributed by atoms with Gasteiger partial charge in [-0.25, -0.2) is 0 Å². The molecule has 0 spiro atoms. The minimum Gasteiger partial charge on any atom is -0.494 e. The monoisotopic (exact) mass is 297 g/mol. The number of pyridine rings is 1. The fourth-order valence-corrected chi connectivity index (χ4v) is 2.18. The van der Waals surface area contributed by atoms with Crippen LogP contribution in [-0.4, -0.2) is 11.2 Å². The number of benzene rings is 1. The summed E-state index contributed by atoms with van der Waals surface area (Å²) in [5.74, 6) is 0.818. The molecule has 1 aromatic heterocycles. The van der Waals surface area contributed by atoms with Crippen LogP contribution >= 0.6 is 23.2 Å². The standard InChI is InChI=1S/C14H13Cl2NO2/c15-11-9-13(16)14(18)17(10-11)7-4-8-19-12-5-2-1-3-6-12/h1-3,5-6,9-10H,4,7-8H2. The molecular weight excluding hydrogens is 285 g/mol. The summed E-state index contributed by atoms with van der Waals surface area (Å²) in [6.45, 7) is 1.05. The number of para-hydroxylation sites is 1. The second-order valence-corrected chi connectivity index (χ2v) is 4.86. The Bertz CT molecular complexity index is 596. The van der Waals surface area contributed by atoms with Gasteiger partial charge in [-0.3, -0.25) is 4.79 Å². The van der Waals surface area contributed by atoms with Crippen molar-refractivity contribution in [3.05, 3.63) is 63.0 Å². The summed E-state index contributed by atoms with van der Waals surface area (Å²) in [4.78, 5) is 11.7. The van der Waals surface area contributed by atoms with Crippen LogP contribution < -0.4 is 10.3 Å².